The summed E-state index contributed by atoms with van der Waals surface area (Å²) in [6, 6.07) is 15.3. The predicted molar refractivity (Wildman–Crippen MR) is 93.0 cm³/mol. The molecular formula is C19H17N3O4. The molecule has 1 aliphatic heterocycles. The van der Waals surface area contributed by atoms with E-state index in [4.69, 9.17) is 0 Å². The minimum absolute atomic E-state index is 0.123. The highest BCUT2D eigenvalue weighted by Gasteiger charge is 2.38. The lowest BCUT2D eigenvalue weighted by Gasteiger charge is -2.22. The number of carbonyl (C=O) groups excluding carboxylic acids is 4. The van der Waals surface area contributed by atoms with E-state index >= 15 is 0 Å². The van der Waals surface area contributed by atoms with Gasteiger partial charge in [-0.05, 0) is 17.7 Å². The minimum Gasteiger partial charge on any atom is -0.274 e. The van der Waals surface area contributed by atoms with Gasteiger partial charge >= 0.3 is 0 Å². The molecule has 26 heavy (non-hydrogen) atoms. The largest absolute Gasteiger partial charge is 0.274 e. The number of hydrazine groups is 1. The molecule has 1 atom stereocenters. The van der Waals surface area contributed by atoms with Crippen LogP contribution in [0.2, 0.25) is 0 Å². The van der Waals surface area contributed by atoms with Gasteiger partial charge in [0.15, 0.2) is 0 Å². The predicted octanol–water partition coefficient (Wildman–Crippen LogP) is 1.23. The van der Waals surface area contributed by atoms with Crippen molar-refractivity contribution in [3.63, 3.8) is 0 Å². The van der Waals surface area contributed by atoms with Crippen LogP contribution in [0.3, 0.4) is 0 Å². The molecule has 0 saturated heterocycles. The summed E-state index contributed by atoms with van der Waals surface area (Å²) in [4.78, 5) is 49.8. The van der Waals surface area contributed by atoms with E-state index in [-0.39, 0.29) is 6.54 Å². The number of hydrogen-bond acceptors (Lipinski definition) is 4. The first-order chi connectivity index (χ1) is 12.5. The lowest BCUT2D eigenvalue weighted by atomic mass is 9.97. The Morgan fingerprint density at radius 3 is 1.96 bits per heavy atom. The van der Waals surface area contributed by atoms with Gasteiger partial charge in [-0.1, -0.05) is 42.5 Å². The van der Waals surface area contributed by atoms with Crippen molar-refractivity contribution in [3.05, 3.63) is 71.3 Å². The molecule has 0 fully saturated rings. The quantitative estimate of drug-likeness (QED) is 0.640. The SMILES string of the molecule is CC(=O)NNC(=O)C(CN1C(=O)c2ccccc2C1=O)c1ccccc1. The van der Waals surface area contributed by atoms with Gasteiger partial charge in [0, 0.05) is 13.5 Å². The van der Waals surface area contributed by atoms with Gasteiger partial charge in [-0.25, -0.2) is 0 Å². The van der Waals surface area contributed by atoms with Crippen LogP contribution in [0.4, 0.5) is 0 Å². The van der Waals surface area contributed by atoms with Crippen LogP contribution >= 0.6 is 0 Å². The Balaban J connectivity index is 1.87. The molecule has 0 aliphatic carbocycles. The average Bonchev–Trinajstić information content (AvgIpc) is 2.89. The molecule has 7 nitrogen and oxygen atoms in total. The highest BCUT2D eigenvalue weighted by atomic mass is 16.2. The Bertz CT molecular complexity index is 844. The normalized spacial score (nSPS) is 14.0. The van der Waals surface area contributed by atoms with Crippen LogP contribution in [0.1, 0.15) is 39.1 Å². The molecule has 1 unspecified atom stereocenters. The molecular weight excluding hydrogens is 334 g/mol. The van der Waals surface area contributed by atoms with Crippen LogP contribution in [0, 0.1) is 0 Å². The van der Waals surface area contributed by atoms with Gasteiger partial charge in [0.2, 0.25) is 11.8 Å². The molecule has 2 aromatic carbocycles. The maximum absolute atomic E-state index is 12.6. The number of nitrogens with zero attached hydrogens (tertiary/aromatic N) is 1. The maximum Gasteiger partial charge on any atom is 0.261 e. The molecule has 7 heteroatoms. The third kappa shape index (κ3) is 3.32. The first-order valence-corrected chi connectivity index (χ1v) is 8.05. The molecule has 0 aromatic heterocycles. The van der Waals surface area contributed by atoms with Crippen LogP contribution in [-0.4, -0.2) is 35.1 Å². The number of imide groups is 1. The van der Waals surface area contributed by atoms with Crippen LogP contribution in [0.5, 0.6) is 0 Å². The molecule has 4 amide bonds. The third-order valence-corrected chi connectivity index (χ3v) is 4.12. The summed E-state index contributed by atoms with van der Waals surface area (Å²) in [6.45, 7) is 1.14. The zero-order valence-corrected chi connectivity index (χ0v) is 14.1. The fourth-order valence-electron chi connectivity index (χ4n) is 2.85. The van der Waals surface area contributed by atoms with Gasteiger partial charge in [0.25, 0.3) is 11.8 Å². The molecule has 2 N–H and O–H groups in total. The fraction of sp³-hybridized carbons (Fsp3) is 0.158. The minimum atomic E-state index is -0.815. The van der Waals surface area contributed by atoms with E-state index in [9.17, 15) is 19.2 Å². The number of nitrogens with one attached hydrogen (secondary N) is 2. The van der Waals surface area contributed by atoms with Crippen LogP contribution in [-0.2, 0) is 9.59 Å². The zero-order valence-electron chi connectivity index (χ0n) is 14.1. The van der Waals surface area contributed by atoms with E-state index in [2.05, 4.69) is 10.9 Å². The van der Waals surface area contributed by atoms with Gasteiger partial charge in [0.1, 0.15) is 0 Å². The molecule has 2 aromatic rings. The summed E-state index contributed by atoms with van der Waals surface area (Å²) < 4.78 is 0. The van der Waals surface area contributed by atoms with E-state index < -0.39 is 29.5 Å². The zero-order chi connectivity index (χ0) is 18.7. The number of fused-ring (bicyclic) bond motifs is 1. The van der Waals surface area contributed by atoms with Crippen molar-refractivity contribution in [1.82, 2.24) is 15.8 Å². The summed E-state index contributed by atoms with van der Waals surface area (Å²) in [7, 11) is 0. The molecule has 0 bridgehead atoms. The number of rotatable bonds is 4. The summed E-state index contributed by atoms with van der Waals surface area (Å²) in [5.74, 6) is -2.61. The first-order valence-electron chi connectivity index (χ1n) is 8.05. The summed E-state index contributed by atoms with van der Waals surface area (Å²) in [5, 5.41) is 0. The van der Waals surface area contributed by atoms with Crippen LogP contribution in [0.25, 0.3) is 0 Å². The Labute approximate surface area is 150 Å². The van der Waals surface area contributed by atoms with E-state index in [0.29, 0.717) is 16.7 Å². The molecule has 3 rings (SSSR count). The third-order valence-electron chi connectivity index (χ3n) is 4.12. The van der Waals surface area contributed by atoms with Crippen molar-refractivity contribution in [1.29, 1.82) is 0 Å². The summed E-state index contributed by atoms with van der Waals surface area (Å²) in [5.41, 5.74) is 5.83. The van der Waals surface area contributed by atoms with Gasteiger partial charge < -0.3 is 0 Å². The van der Waals surface area contributed by atoms with Crippen LogP contribution in [0.15, 0.2) is 54.6 Å². The second-order valence-electron chi connectivity index (χ2n) is 5.90. The highest BCUT2D eigenvalue weighted by molar-refractivity contribution is 6.21. The van der Waals surface area contributed by atoms with Gasteiger partial charge in [-0.15, -0.1) is 0 Å². The second kappa shape index (κ2) is 7.18. The first kappa shape index (κ1) is 17.3. The molecule has 0 spiro atoms. The Morgan fingerprint density at radius 2 is 1.42 bits per heavy atom. The molecule has 0 radical (unpaired) electrons. The van der Waals surface area contributed by atoms with E-state index in [1.165, 1.54) is 6.92 Å². The van der Waals surface area contributed by atoms with Crippen LogP contribution < -0.4 is 10.9 Å². The maximum atomic E-state index is 12.6. The standard InChI is InChI=1S/C19H17N3O4/c1-12(23)20-21-17(24)16(13-7-3-2-4-8-13)11-22-18(25)14-9-5-6-10-15(14)19(22)26/h2-10,16H,11H2,1H3,(H,20,23)(H,21,24). The van der Waals surface area contributed by atoms with Gasteiger partial charge in [-0.3, -0.25) is 34.9 Å². The molecule has 0 saturated carbocycles. The van der Waals surface area contributed by atoms with E-state index in [0.717, 1.165) is 4.90 Å². The van der Waals surface area contributed by atoms with Crippen molar-refractivity contribution in [2.75, 3.05) is 6.54 Å². The van der Waals surface area contributed by atoms with Crippen molar-refractivity contribution in [2.45, 2.75) is 12.8 Å². The summed E-state index contributed by atoms with van der Waals surface area (Å²) >= 11 is 0. The molecule has 1 heterocycles. The Kier molecular flexibility index (Phi) is 4.79. The number of carbonyl (C=O) groups is 4. The fourth-order valence-corrected chi connectivity index (χ4v) is 2.85. The number of benzene rings is 2. The van der Waals surface area contributed by atoms with Crippen molar-refractivity contribution in [2.24, 2.45) is 0 Å². The van der Waals surface area contributed by atoms with Gasteiger partial charge in [-0.2, -0.15) is 0 Å². The smallest absolute Gasteiger partial charge is 0.261 e. The summed E-state index contributed by atoms with van der Waals surface area (Å²) in [6.07, 6.45) is 0. The van der Waals surface area contributed by atoms with E-state index in [1.54, 1.807) is 54.6 Å². The Hall–Kier alpha value is -3.48. The van der Waals surface area contributed by atoms with E-state index in [1.807, 2.05) is 0 Å². The monoisotopic (exact) mass is 351 g/mol. The lowest BCUT2D eigenvalue weighted by molar-refractivity contribution is -0.128. The highest BCUT2D eigenvalue weighted by Crippen LogP contribution is 2.26. The average molecular weight is 351 g/mol. The van der Waals surface area contributed by atoms with Crippen molar-refractivity contribution < 1.29 is 19.2 Å². The lowest BCUT2D eigenvalue weighted by Crippen LogP contribution is -2.46. The number of amides is 4. The Morgan fingerprint density at radius 1 is 0.885 bits per heavy atom. The second-order valence-corrected chi connectivity index (χ2v) is 5.90. The molecule has 1 aliphatic rings. The van der Waals surface area contributed by atoms with Crippen molar-refractivity contribution >= 4 is 23.6 Å². The molecule has 132 valence electrons. The van der Waals surface area contributed by atoms with Gasteiger partial charge in [0.05, 0.1) is 17.0 Å². The van der Waals surface area contributed by atoms with Crippen molar-refractivity contribution in [3.8, 4) is 0 Å². The number of hydrogen-bond donors (Lipinski definition) is 2. The topological polar surface area (TPSA) is 95.6 Å².